The highest BCUT2D eigenvalue weighted by Gasteiger charge is 2.28. The van der Waals surface area contributed by atoms with E-state index in [0.717, 1.165) is 10.6 Å². The minimum atomic E-state index is -0.363. The van der Waals surface area contributed by atoms with E-state index in [1.54, 1.807) is 12.1 Å². The van der Waals surface area contributed by atoms with Crippen LogP contribution in [0.1, 0.15) is 16.8 Å². The second-order valence-corrected chi connectivity index (χ2v) is 5.83. The Balaban J connectivity index is 1.76. The molecule has 1 amide bonds. The van der Waals surface area contributed by atoms with E-state index in [9.17, 15) is 9.59 Å². The van der Waals surface area contributed by atoms with Crippen LogP contribution in [0.5, 0.6) is 0 Å². The molecule has 1 heterocycles. The molecular formula is C16H13NO2S. The van der Waals surface area contributed by atoms with E-state index in [1.165, 1.54) is 11.8 Å². The van der Waals surface area contributed by atoms with Gasteiger partial charge in [0, 0.05) is 16.9 Å². The molecule has 0 aromatic heterocycles. The van der Waals surface area contributed by atoms with Crippen LogP contribution in [-0.4, -0.2) is 16.9 Å². The monoisotopic (exact) mass is 283 g/mol. The van der Waals surface area contributed by atoms with Gasteiger partial charge in [-0.1, -0.05) is 42.5 Å². The summed E-state index contributed by atoms with van der Waals surface area (Å²) in [4.78, 5) is 25.2. The van der Waals surface area contributed by atoms with Gasteiger partial charge in [-0.3, -0.25) is 9.59 Å². The summed E-state index contributed by atoms with van der Waals surface area (Å²) in [6.45, 7) is 0. The molecule has 1 aliphatic rings. The lowest BCUT2D eigenvalue weighted by atomic mass is 10.1. The van der Waals surface area contributed by atoms with Crippen LogP contribution >= 0.6 is 11.8 Å². The van der Waals surface area contributed by atoms with Gasteiger partial charge in [0.25, 0.3) is 0 Å². The third kappa shape index (κ3) is 2.60. The zero-order valence-corrected chi connectivity index (χ0v) is 11.5. The molecule has 0 fully saturated rings. The summed E-state index contributed by atoms with van der Waals surface area (Å²) in [5.41, 5.74) is 1.48. The lowest BCUT2D eigenvalue weighted by Crippen LogP contribution is -2.30. The van der Waals surface area contributed by atoms with Gasteiger partial charge in [-0.25, -0.2) is 0 Å². The number of carbonyl (C=O) groups excluding carboxylic acids is 2. The molecule has 20 heavy (non-hydrogen) atoms. The number of benzene rings is 2. The molecule has 0 saturated heterocycles. The summed E-state index contributed by atoms with van der Waals surface area (Å²) in [5, 5.41) is 2.49. The molecule has 2 aromatic carbocycles. The maximum atomic E-state index is 12.2. The van der Waals surface area contributed by atoms with Crippen molar-refractivity contribution in [3.8, 4) is 0 Å². The smallest absolute Gasteiger partial charge is 0.238 e. The van der Waals surface area contributed by atoms with Crippen molar-refractivity contribution in [2.45, 2.75) is 16.6 Å². The van der Waals surface area contributed by atoms with Gasteiger partial charge >= 0.3 is 0 Å². The van der Waals surface area contributed by atoms with E-state index in [1.807, 2.05) is 42.5 Å². The minimum absolute atomic E-state index is 0.00219. The Morgan fingerprint density at radius 3 is 2.55 bits per heavy atom. The molecule has 4 heteroatoms. The van der Waals surface area contributed by atoms with E-state index in [4.69, 9.17) is 0 Å². The van der Waals surface area contributed by atoms with Crippen LogP contribution in [0.15, 0.2) is 59.5 Å². The maximum absolute atomic E-state index is 12.2. The Kier molecular flexibility index (Phi) is 3.56. The van der Waals surface area contributed by atoms with Crippen LogP contribution in [0.25, 0.3) is 0 Å². The number of hydrogen-bond donors (Lipinski definition) is 1. The Morgan fingerprint density at radius 1 is 1.05 bits per heavy atom. The molecule has 0 bridgehead atoms. The number of anilines is 1. The standard InChI is InChI=1S/C16H13NO2S/c18-13(11-6-2-1-3-7-11)10-15-16(19)17-12-8-4-5-9-14(12)20-15/h1-9,15H,10H2,(H,17,19). The van der Waals surface area contributed by atoms with Gasteiger partial charge in [0.05, 0.1) is 10.9 Å². The highest BCUT2D eigenvalue weighted by molar-refractivity contribution is 8.01. The molecule has 3 rings (SSSR count). The first kappa shape index (κ1) is 12.9. The lowest BCUT2D eigenvalue weighted by molar-refractivity contribution is -0.115. The van der Waals surface area contributed by atoms with E-state index in [-0.39, 0.29) is 23.4 Å². The number of para-hydroxylation sites is 1. The van der Waals surface area contributed by atoms with Gasteiger partial charge in [-0.2, -0.15) is 0 Å². The van der Waals surface area contributed by atoms with Gasteiger partial charge in [0.1, 0.15) is 0 Å². The number of hydrogen-bond acceptors (Lipinski definition) is 3. The molecule has 1 atom stereocenters. The molecule has 2 aromatic rings. The number of thioether (sulfide) groups is 1. The molecule has 1 aliphatic heterocycles. The van der Waals surface area contributed by atoms with Crippen LogP contribution in [0.3, 0.4) is 0 Å². The lowest BCUT2D eigenvalue weighted by Gasteiger charge is -2.23. The van der Waals surface area contributed by atoms with Crippen LogP contribution in [-0.2, 0) is 4.79 Å². The molecule has 0 aliphatic carbocycles. The van der Waals surface area contributed by atoms with Crippen molar-refractivity contribution in [3.05, 3.63) is 60.2 Å². The number of nitrogens with one attached hydrogen (secondary N) is 1. The van der Waals surface area contributed by atoms with Gasteiger partial charge in [-0.05, 0) is 12.1 Å². The Hall–Kier alpha value is -2.07. The van der Waals surface area contributed by atoms with Crippen LogP contribution in [0.4, 0.5) is 5.69 Å². The molecule has 0 radical (unpaired) electrons. The summed E-state index contributed by atoms with van der Waals surface area (Å²) in [6, 6.07) is 16.7. The zero-order chi connectivity index (χ0) is 13.9. The number of Topliss-reactive ketones (excluding diaryl/α,β-unsaturated/α-hetero) is 1. The quantitative estimate of drug-likeness (QED) is 0.878. The van der Waals surface area contributed by atoms with Crippen molar-refractivity contribution < 1.29 is 9.59 Å². The maximum Gasteiger partial charge on any atom is 0.238 e. The average molecular weight is 283 g/mol. The number of rotatable bonds is 3. The van der Waals surface area contributed by atoms with Gasteiger partial charge in [0.2, 0.25) is 5.91 Å². The van der Waals surface area contributed by atoms with Gasteiger partial charge < -0.3 is 5.32 Å². The van der Waals surface area contributed by atoms with Crippen molar-refractivity contribution in [2.75, 3.05) is 5.32 Å². The summed E-state index contributed by atoms with van der Waals surface area (Å²) in [7, 11) is 0. The fourth-order valence-corrected chi connectivity index (χ4v) is 3.25. The third-order valence-electron chi connectivity index (χ3n) is 3.17. The average Bonchev–Trinajstić information content (AvgIpc) is 2.49. The van der Waals surface area contributed by atoms with Gasteiger partial charge in [0.15, 0.2) is 5.78 Å². The predicted octanol–water partition coefficient (Wildman–Crippen LogP) is 3.37. The minimum Gasteiger partial charge on any atom is -0.324 e. The highest BCUT2D eigenvalue weighted by atomic mass is 32.2. The molecule has 1 N–H and O–H groups in total. The molecule has 0 saturated carbocycles. The zero-order valence-electron chi connectivity index (χ0n) is 10.7. The normalized spacial score (nSPS) is 17.2. The summed E-state index contributed by atoms with van der Waals surface area (Å²) >= 11 is 1.46. The topological polar surface area (TPSA) is 46.2 Å². The number of fused-ring (bicyclic) bond motifs is 1. The second kappa shape index (κ2) is 5.51. The van der Waals surface area contributed by atoms with Crippen molar-refractivity contribution in [1.82, 2.24) is 0 Å². The third-order valence-corrected chi connectivity index (χ3v) is 4.45. The largest absolute Gasteiger partial charge is 0.324 e. The molecule has 3 nitrogen and oxygen atoms in total. The van der Waals surface area contributed by atoms with Crippen molar-refractivity contribution in [2.24, 2.45) is 0 Å². The molecule has 100 valence electrons. The van der Waals surface area contributed by atoms with E-state index in [2.05, 4.69) is 5.32 Å². The number of carbonyl (C=O) groups is 2. The second-order valence-electron chi connectivity index (χ2n) is 4.59. The predicted molar refractivity (Wildman–Crippen MR) is 80.1 cm³/mol. The molecule has 0 spiro atoms. The Morgan fingerprint density at radius 2 is 1.75 bits per heavy atom. The first-order valence-electron chi connectivity index (χ1n) is 6.39. The van der Waals surface area contributed by atoms with Gasteiger partial charge in [-0.15, -0.1) is 11.8 Å². The van der Waals surface area contributed by atoms with Crippen LogP contribution in [0.2, 0.25) is 0 Å². The Bertz CT molecular complexity index is 655. The summed E-state index contributed by atoms with van der Waals surface area (Å²) in [5.74, 6) is -0.101. The van der Waals surface area contributed by atoms with Crippen molar-refractivity contribution >= 4 is 29.1 Å². The fraction of sp³-hybridized carbons (Fsp3) is 0.125. The van der Waals surface area contributed by atoms with Crippen molar-refractivity contribution in [3.63, 3.8) is 0 Å². The molecular weight excluding hydrogens is 270 g/mol. The SMILES string of the molecule is O=C(CC1Sc2ccccc2NC1=O)c1ccccc1. The first-order valence-corrected chi connectivity index (χ1v) is 7.27. The van der Waals surface area contributed by atoms with E-state index < -0.39 is 0 Å². The Labute approximate surface area is 121 Å². The van der Waals surface area contributed by atoms with Crippen molar-refractivity contribution in [1.29, 1.82) is 0 Å². The number of amides is 1. The molecule has 1 unspecified atom stereocenters. The van der Waals surface area contributed by atoms with Crippen LogP contribution < -0.4 is 5.32 Å². The van der Waals surface area contributed by atoms with Crippen LogP contribution in [0, 0.1) is 0 Å². The summed E-state index contributed by atoms with van der Waals surface area (Å²) in [6.07, 6.45) is 0.217. The highest BCUT2D eigenvalue weighted by Crippen LogP contribution is 2.36. The number of ketones is 1. The fourth-order valence-electron chi connectivity index (χ4n) is 2.14. The van der Waals surface area contributed by atoms with E-state index in [0.29, 0.717) is 5.56 Å². The first-order chi connectivity index (χ1) is 9.74. The van der Waals surface area contributed by atoms with E-state index >= 15 is 0 Å². The summed E-state index contributed by atoms with van der Waals surface area (Å²) < 4.78 is 0.